The Bertz CT molecular complexity index is 588. The van der Waals surface area contributed by atoms with Crippen molar-refractivity contribution in [2.75, 3.05) is 6.61 Å². The van der Waals surface area contributed by atoms with Gasteiger partial charge in [0, 0.05) is 6.54 Å². The molecule has 0 bridgehead atoms. The maximum absolute atomic E-state index is 12.4. The molecule has 1 aliphatic heterocycles. The Morgan fingerprint density at radius 3 is 2.67 bits per heavy atom. The van der Waals surface area contributed by atoms with Crippen LogP contribution in [-0.4, -0.2) is 21.1 Å². The summed E-state index contributed by atoms with van der Waals surface area (Å²) in [5.74, 6) is 0. The molecule has 98 valence electrons. The van der Waals surface area contributed by atoms with Gasteiger partial charge >= 0.3 is 0 Å². The van der Waals surface area contributed by atoms with Gasteiger partial charge in [0.05, 0.1) is 22.5 Å². The molecule has 0 aromatic heterocycles. The zero-order valence-corrected chi connectivity index (χ0v) is 11.3. The molecule has 0 saturated heterocycles. The van der Waals surface area contributed by atoms with Gasteiger partial charge in [-0.1, -0.05) is 18.2 Å². The topological polar surface area (TPSA) is 69.4 Å². The van der Waals surface area contributed by atoms with E-state index >= 15 is 0 Å². The van der Waals surface area contributed by atoms with E-state index in [4.69, 9.17) is 10.5 Å². The summed E-state index contributed by atoms with van der Waals surface area (Å²) in [7, 11) is -3.43. The molecule has 4 nitrogen and oxygen atoms in total. The first-order chi connectivity index (χ1) is 8.46. The second kappa shape index (κ2) is 4.84. The summed E-state index contributed by atoms with van der Waals surface area (Å²) >= 11 is 0. The van der Waals surface area contributed by atoms with Crippen LogP contribution < -0.4 is 5.73 Å². The molecule has 1 heterocycles. The molecule has 2 rings (SSSR count). The number of rotatable bonds is 4. The highest BCUT2D eigenvalue weighted by Gasteiger charge is 2.31. The van der Waals surface area contributed by atoms with E-state index in [-0.39, 0.29) is 19.3 Å². The summed E-state index contributed by atoms with van der Waals surface area (Å²) < 4.78 is 30.1. The normalized spacial score (nSPS) is 16.8. The van der Waals surface area contributed by atoms with Crippen LogP contribution in [0.3, 0.4) is 0 Å². The highest BCUT2D eigenvalue weighted by atomic mass is 32.2. The van der Waals surface area contributed by atoms with Gasteiger partial charge in [0.1, 0.15) is 0 Å². The van der Waals surface area contributed by atoms with Crippen LogP contribution in [0.5, 0.6) is 0 Å². The Labute approximate surface area is 107 Å². The number of sulfone groups is 1. The third-order valence-electron chi connectivity index (χ3n) is 2.84. The molecule has 18 heavy (non-hydrogen) atoms. The smallest absolute Gasteiger partial charge is 0.206 e. The molecule has 0 radical (unpaired) electrons. The predicted octanol–water partition coefficient (Wildman–Crippen LogP) is 1.70. The van der Waals surface area contributed by atoms with E-state index in [0.29, 0.717) is 20.9 Å². The number of fused-ring (bicyclic) bond motifs is 1. The molecule has 0 saturated carbocycles. The van der Waals surface area contributed by atoms with Crippen molar-refractivity contribution in [3.63, 3.8) is 0 Å². The van der Waals surface area contributed by atoms with Crippen molar-refractivity contribution in [2.24, 2.45) is 5.73 Å². The lowest BCUT2D eigenvalue weighted by Crippen LogP contribution is -2.13. The molecule has 5 heteroatoms. The quantitative estimate of drug-likeness (QED) is 0.901. The fraction of sp³-hybridized carbons (Fsp3) is 0.385. The van der Waals surface area contributed by atoms with Crippen LogP contribution in [0, 0.1) is 0 Å². The van der Waals surface area contributed by atoms with E-state index < -0.39 is 9.84 Å². The molecule has 2 N–H and O–H groups in total. The van der Waals surface area contributed by atoms with Gasteiger partial charge in [-0.2, -0.15) is 0 Å². The van der Waals surface area contributed by atoms with E-state index in [1.54, 1.807) is 18.2 Å². The molecule has 0 atom stereocenters. The number of ether oxygens (including phenoxy) is 1. The second-order valence-electron chi connectivity index (χ2n) is 4.51. The van der Waals surface area contributed by atoms with Gasteiger partial charge in [-0.25, -0.2) is 8.42 Å². The zero-order chi connectivity index (χ0) is 13.3. The highest BCUT2D eigenvalue weighted by molar-refractivity contribution is 7.96. The van der Waals surface area contributed by atoms with Crippen molar-refractivity contribution in [3.05, 3.63) is 34.2 Å². The monoisotopic (exact) mass is 267 g/mol. The lowest BCUT2D eigenvalue weighted by molar-refractivity contribution is 0.101. The summed E-state index contributed by atoms with van der Waals surface area (Å²) in [5, 5.41) is 0. The lowest BCUT2D eigenvalue weighted by atomic mass is 10.1. The van der Waals surface area contributed by atoms with Crippen molar-refractivity contribution in [3.8, 4) is 0 Å². The maximum atomic E-state index is 12.4. The average Bonchev–Trinajstić information content (AvgIpc) is 2.58. The van der Waals surface area contributed by atoms with Crippen molar-refractivity contribution in [1.82, 2.24) is 0 Å². The van der Waals surface area contributed by atoms with Crippen LogP contribution in [0.1, 0.15) is 25.0 Å². The first kappa shape index (κ1) is 13.3. The predicted molar refractivity (Wildman–Crippen MR) is 70.6 cm³/mol. The van der Waals surface area contributed by atoms with E-state index in [9.17, 15) is 8.42 Å². The third kappa shape index (κ3) is 2.21. The molecule has 0 fully saturated rings. The summed E-state index contributed by atoms with van der Waals surface area (Å²) in [6.45, 7) is 4.08. The Morgan fingerprint density at radius 2 is 2.06 bits per heavy atom. The molecule has 0 aliphatic carbocycles. The van der Waals surface area contributed by atoms with E-state index in [1.165, 1.54) is 0 Å². The van der Waals surface area contributed by atoms with Gasteiger partial charge in [-0.15, -0.1) is 0 Å². The van der Waals surface area contributed by atoms with Crippen molar-refractivity contribution < 1.29 is 13.2 Å². The van der Waals surface area contributed by atoms with Crippen LogP contribution in [0.4, 0.5) is 0 Å². The molecular formula is C13H17NO3S. The van der Waals surface area contributed by atoms with Crippen molar-refractivity contribution >= 4 is 15.9 Å². The SMILES string of the molecule is CC(C)OCC1=Cc2cccc(CN)c2S1(=O)=O. The van der Waals surface area contributed by atoms with Crippen molar-refractivity contribution in [2.45, 2.75) is 31.4 Å². The van der Waals surface area contributed by atoms with Crippen LogP contribution in [0.2, 0.25) is 0 Å². The minimum atomic E-state index is -3.43. The van der Waals surface area contributed by atoms with E-state index in [1.807, 2.05) is 19.9 Å². The summed E-state index contributed by atoms with van der Waals surface area (Å²) in [5.41, 5.74) is 6.96. The molecule has 1 aromatic rings. The Morgan fingerprint density at radius 1 is 1.33 bits per heavy atom. The molecule has 0 unspecified atom stereocenters. The lowest BCUT2D eigenvalue weighted by Gasteiger charge is -2.10. The van der Waals surface area contributed by atoms with Gasteiger partial charge < -0.3 is 10.5 Å². The average molecular weight is 267 g/mol. The first-order valence-corrected chi connectivity index (χ1v) is 7.34. The summed E-state index contributed by atoms with van der Waals surface area (Å²) in [4.78, 5) is 0.655. The van der Waals surface area contributed by atoms with Crippen LogP contribution in [-0.2, 0) is 21.1 Å². The van der Waals surface area contributed by atoms with Gasteiger partial charge in [0.15, 0.2) is 0 Å². The minimum Gasteiger partial charge on any atom is -0.373 e. The fourth-order valence-electron chi connectivity index (χ4n) is 1.96. The molecule has 0 amide bonds. The summed E-state index contributed by atoms with van der Waals surface area (Å²) in [6, 6.07) is 5.35. The highest BCUT2D eigenvalue weighted by Crippen LogP contribution is 2.35. The number of hydrogen-bond acceptors (Lipinski definition) is 4. The Balaban J connectivity index is 2.41. The van der Waals surface area contributed by atoms with Gasteiger partial charge in [-0.3, -0.25) is 0 Å². The third-order valence-corrected chi connectivity index (χ3v) is 4.80. The first-order valence-electron chi connectivity index (χ1n) is 5.86. The molecular weight excluding hydrogens is 250 g/mol. The Hall–Kier alpha value is -1.17. The van der Waals surface area contributed by atoms with Crippen LogP contribution in [0.15, 0.2) is 28.0 Å². The fourth-order valence-corrected chi connectivity index (χ4v) is 3.66. The Kier molecular flexibility index (Phi) is 3.56. The van der Waals surface area contributed by atoms with E-state index in [2.05, 4.69) is 0 Å². The van der Waals surface area contributed by atoms with E-state index in [0.717, 1.165) is 0 Å². The minimum absolute atomic E-state index is 0.00112. The molecule has 1 aliphatic rings. The second-order valence-corrected chi connectivity index (χ2v) is 6.45. The zero-order valence-electron chi connectivity index (χ0n) is 10.5. The van der Waals surface area contributed by atoms with Gasteiger partial charge in [-0.05, 0) is 31.1 Å². The van der Waals surface area contributed by atoms with Gasteiger partial charge in [0.25, 0.3) is 0 Å². The number of hydrogen-bond donors (Lipinski definition) is 1. The maximum Gasteiger partial charge on any atom is 0.206 e. The number of nitrogens with two attached hydrogens (primary N) is 1. The molecule has 0 spiro atoms. The van der Waals surface area contributed by atoms with Gasteiger partial charge in [0.2, 0.25) is 9.84 Å². The van der Waals surface area contributed by atoms with Crippen LogP contribution in [0.25, 0.3) is 6.08 Å². The van der Waals surface area contributed by atoms with Crippen LogP contribution >= 0.6 is 0 Å². The summed E-state index contributed by atoms with van der Waals surface area (Å²) in [6.07, 6.45) is 1.67. The van der Waals surface area contributed by atoms with Crippen molar-refractivity contribution in [1.29, 1.82) is 0 Å². The molecule has 1 aromatic carbocycles. The standard InChI is InChI=1S/C13H17NO3S/c1-9(2)17-8-12-6-10-4-3-5-11(7-14)13(10)18(12,15)16/h3-6,9H,7-8,14H2,1-2H3. The largest absolute Gasteiger partial charge is 0.373 e. The number of benzene rings is 1.